The number of hydrogen-bond acceptors (Lipinski definition) is 11. The second-order valence-corrected chi connectivity index (χ2v) is 20.5. The number of halogens is 5. The number of anilines is 2. The summed E-state index contributed by atoms with van der Waals surface area (Å²) in [7, 11) is 0. The molecule has 2 aliphatic carbocycles. The number of carbonyl (C=O) groups excluding carboxylic acids is 6. The normalized spacial score (nSPS) is 12.0. The number of phenols is 2. The van der Waals surface area contributed by atoms with Gasteiger partial charge in [-0.25, -0.2) is 0 Å². The van der Waals surface area contributed by atoms with Crippen molar-refractivity contribution >= 4 is 122 Å². The highest BCUT2D eigenvalue weighted by molar-refractivity contribution is 9.11. The predicted molar refractivity (Wildman–Crippen MR) is 293 cm³/mol. The van der Waals surface area contributed by atoms with Gasteiger partial charge in [-0.3, -0.25) is 34.1 Å². The molecule has 2 aliphatic rings. The number of nitrogens with one attached hydrogen (secondary N) is 1. The minimum absolute atomic E-state index is 0. The number of carbonyl (C=O) groups is 6. The number of hydrogen-bond donors (Lipinski definition) is 4. The van der Waals surface area contributed by atoms with Gasteiger partial charge in [0, 0.05) is 51.1 Å². The van der Waals surface area contributed by atoms with Crippen LogP contribution in [0, 0.1) is 0 Å². The van der Waals surface area contributed by atoms with Crippen molar-refractivity contribution in [1.82, 2.24) is 0 Å². The Hall–Kier alpha value is -6.86. The first-order chi connectivity index (χ1) is 35.5. The Balaban J connectivity index is 0.000000197. The van der Waals surface area contributed by atoms with Crippen LogP contribution in [0.3, 0.4) is 0 Å². The van der Waals surface area contributed by atoms with Crippen LogP contribution in [0.5, 0.6) is 11.5 Å². The number of rotatable bonds is 10. The number of aromatic hydroxyl groups is 2. The molecule has 0 radical (unpaired) electrons. The van der Waals surface area contributed by atoms with Gasteiger partial charge in [0.15, 0.2) is 23.0 Å². The zero-order chi connectivity index (χ0) is 52.5. The lowest BCUT2D eigenvalue weighted by molar-refractivity contribution is -0.480. The highest BCUT2D eigenvalue weighted by atomic mass is 79.9. The summed E-state index contributed by atoms with van der Waals surface area (Å²) in [6.07, 6.45) is 0. The van der Waals surface area contributed by atoms with Gasteiger partial charge in [-0.15, -0.1) is 0 Å². The second kappa shape index (κ2) is 22.9. The topological polar surface area (TPSA) is 190 Å². The van der Waals surface area contributed by atoms with E-state index in [1.54, 1.807) is 60.7 Å². The lowest BCUT2D eigenvalue weighted by Crippen LogP contribution is -3.00. The van der Waals surface area contributed by atoms with Crippen molar-refractivity contribution in [3.05, 3.63) is 219 Å². The van der Waals surface area contributed by atoms with Gasteiger partial charge in [0.2, 0.25) is 5.78 Å². The first-order valence-corrected chi connectivity index (χ1v) is 25.8. The number of ketones is 4. The van der Waals surface area contributed by atoms with Crippen LogP contribution < -0.4 is 27.6 Å². The molecule has 0 aromatic heterocycles. The Morgan fingerprint density at radius 2 is 0.853 bits per heavy atom. The third kappa shape index (κ3) is 11.2. The standard InChI is InChI=1S/2C29H19Br2NO5.BrH/c2*1-15(33)37-14-16-6-8-17(9-7-16)18-12-21(30)27(22(31)13-18)32-23-10-11-24(34)26-25(23)28(35)19-4-2-3-5-20(19)29(26)36;/h2*2-13,32,34H,14H2,1H3;1H. The van der Waals surface area contributed by atoms with Crippen molar-refractivity contribution in [1.29, 1.82) is 0 Å². The summed E-state index contributed by atoms with van der Waals surface area (Å²) in [5.41, 5.74) is 9.48. The van der Waals surface area contributed by atoms with Crippen molar-refractivity contribution in [2.45, 2.75) is 27.1 Å². The number of benzene rings is 8. The number of quaternary nitrogens is 1. The van der Waals surface area contributed by atoms with Crippen LogP contribution in [0.4, 0.5) is 22.7 Å². The highest BCUT2D eigenvalue weighted by Gasteiger charge is 2.37. The molecular weight excluding hydrogens is 1280 g/mol. The van der Waals surface area contributed by atoms with Crippen LogP contribution in [-0.4, -0.2) is 45.3 Å². The SMILES string of the molecule is CC(=O)OCc1ccc(-c2cc(Br)c(Nc3ccc(O)c4c3C(=O)c3ccccc3C4=O)c(Br)c2)cc1.CC(=O)OCc1ccc(-c2cc(Br)c([NH2+]c3ccc(O)c4c3C(=O)c3ccccc3C4=O)c(Br)c2)cc1.[Br-]. The number of esters is 2. The fourth-order valence-corrected chi connectivity index (χ4v) is 11.5. The molecular formula is C58H39Br5N2O10. The summed E-state index contributed by atoms with van der Waals surface area (Å²) in [6, 6.07) is 42.5. The molecule has 0 unspecified atom stereocenters. The molecule has 17 heteroatoms. The van der Waals surface area contributed by atoms with Gasteiger partial charge in [-0.1, -0.05) is 97.1 Å². The monoisotopic (exact) mass is 1320 g/mol. The number of ether oxygens (including phenoxy) is 2. The number of phenolic OH excluding ortho intramolecular Hbond substituents is 2. The third-order valence-corrected chi connectivity index (χ3v) is 14.8. The Morgan fingerprint density at radius 1 is 0.480 bits per heavy atom. The van der Waals surface area contributed by atoms with Gasteiger partial charge in [-0.2, -0.15) is 0 Å². The first kappa shape index (κ1) is 54.4. The summed E-state index contributed by atoms with van der Waals surface area (Å²) in [6.45, 7) is 3.19. The van der Waals surface area contributed by atoms with Crippen molar-refractivity contribution in [3.8, 4) is 33.8 Å². The maximum absolute atomic E-state index is 13.4. The van der Waals surface area contributed by atoms with E-state index in [4.69, 9.17) is 9.47 Å². The lowest BCUT2D eigenvalue weighted by Gasteiger charge is -2.22. The lowest BCUT2D eigenvalue weighted by atomic mass is 9.82. The van der Waals surface area contributed by atoms with Gasteiger partial charge >= 0.3 is 11.9 Å². The average molecular weight is 1320 g/mol. The van der Waals surface area contributed by atoms with Gasteiger partial charge < -0.3 is 42.0 Å². The molecule has 0 aliphatic heterocycles. The van der Waals surface area contributed by atoms with Crippen LogP contribution >= 0.6 is 63.7 Å². The number of nitrogens with two attached hydrogens (primary N) is 1. The quantitative estimate of drug-likeness (QED) is 0.0579. The van der Waals surface area contributed by atoms with Gasteiger partial charge in [0.25, 0.3) is 0 Å². The molecule has 0 saturated carbocycles. The van der Waals surface area contributed by atoms with Crippen molar-refractivity contribution in [2.75, 3.05) is 5.32 Å². The Morgan fingerprint density at radius 3 is 1.28 bits per heavy atom. The molecule has 376 valence electrons. The van der Waals surface area contributed by atoms with E-state index in [-0.39, 0.29) is 104 Å². The zero-order valence-electron chi connectivity index (χ0n) is 39.4. The molecule has 0 saturated heterocycles. The Labute approximate surface area is 473 Å². The minimum atomic E-state index is -0.392. The van der Waals surface area contributed by atoms with E-state index < -0.39 is 5.78 Å². The number of fused-ring (bicyclic) bond motifs is 4. The van der Waals surface area contributed by atoms with E-state index in [9.17, 15) is 39.0 Å². The van der Waals surface area contributed by atoms with Crippen molar-refractivity contribution < 1.29 is 70.8 Å². The molecule has 8 aromatic carbocycles. The van der Waals surface area contributed by atoms with Gasteiger partial charge in [0.1, 0.15) is 30.4 Å². The van der Waals surface area contributed by atoms with E-state index in [1.165, 1.54) is 26.0 Å². The maximum atomic E-state index is 13.4. The largest absolute Gasteiger partial charge is 1.00 e. The van der Waals surface area contributed by atoms with Crippen LogP contribution in [0.1, 0.15) is 88.7 Å². The molecule has 75 heavy (non-hydrogen) atoms. The molecule has 0 spiro atoms. The van der Waals surface area contributed by atoms with Gasteiger partial charge in [-0.05, 0) is 140 Å². The smallest absolute Gasteiger partial charge is 0.302 e. The molecule has 10 rings (SSSR count). The summed E-state index contributed by atoms with van der Waals surface area (Å²) in [4.78, 5) is 75.1. The van der Waals surface area contributed by atoms with Crippen LogP contribution in [0.2, 0.25) is 0 Å². The molecule has 0 heterocycles. The zero-order valence-corrected chi connectivity index (χ0v) is 47.3. The summed E-state index contributed by atoms with van der Waals surface area (Å²) >= 11 is 14.5. The van der Waals surface area contributed by atoms with Crippen LogP contribution in [0.25, 0.3) is 22.3 Å². The molecule has 5 N–H and O–H groups in total. The first-order valence-electron chi connectivity index (χ1n) is 22.6. The summed E-state index contributed by atoms with van der Waals surface area (Å²) < 4.78 is 13.1. The Kier molecular flexibility index (Phi) is 16.6. The molecule has 12 nitrogen and oxygen atoms in total. The fraction of sp³-hybridized carbons (Fsp3) is 0.0690. The summed E-state index contributed by atoms with van der Waals surface area (Å²) in [5.74, 6) is -2.50. The van der Waals surface area contributed by atoms with Crippen LogP contribution in [0.15, 0.2) is 163 Å². The van der Waals surface area contributed by atoms with Crippen molar-refractivity contribution in [3.63, 3.8) is 0 Å². The van der Waals surface area contributed by atoms with E-state index in [2.05, 4.69) is 69.0 Å². The van der Waals surface area contributed by atoms with Gasteiger partial charge in [0.05, 0.1) is 42.6 Å². The Bertz CT molecular complexity index is 3390. The maximum Gasteiger partial charge on any atom is 0.302 e. The van der Waals surface area contributed by atoms with E-state index in [0.29, 0.717) is 28.2 Å². The summed E-state index contributed by atoms with van der Waals surface area (Å²) in [5, 5.41) is 26.0. The molecule has 0 fully saturated rings. The molecule has 0 amide bonds. The minimum Gasteiger partial charge on any atom is -1.00 e. The molecule has 0 bridgehead atoms. The van der Waals surface area contributed by atoms with E-state index >= 15 is 0 Å². The predicted octanol–water partition coefficient (Wildman–Crippen LogP) is 10.1. The van der Waals surface area contributed by atoms with E-state index in [1.807, 2.05) is 78.1 Å². The molecule has 0 atom stereocenters. The fourth-order valence-electron chi connectivity index (χ4n) is 8.66. The van der Waals surface area contributed by atoms with Crippen molar-refractivity contribution in [2.24, 2.45) is 0 Å². The second-order valence-electron chi connectivity index (χ2n) is 17.1. The average Bonchev–Trinajstić information content (AvgIpc) is 3.39. The molecule has 8 aromatic rings. The van der Waals surface area contributed by atoms with E-state index in [0.717, 1.165) is 57.0 Å². The highest BCUT2D eigenvalue weighted by Crippen LogP contribution is 2.43. The third-order valence-electron chi connectivity index (χ3n) is 12.3. The van der Waals surface area contributed by atoms with Crippen LogP contribution in [-0.2, 0) is 32.3 Å².